The van der Waals surface area contributed by atoms with Crippen LogP contribution in [0.3, 0.4) is 0 Å². The minimum absolute atomic E-state index is 0. The molecule has 2 aromatic heterocycles. The lowest BCUT2D eigenvalue weighted by Crippen LogP contribution is -2.47. The van der Waals surface area contributed by atoms with Crippen molar-refractivity contribution in [3.8, 4) is 0 Å². The maximum atomic E-state index is 12.9. The van der Waals surface area contributed by atoms with Crippen LogP contribution in [0.2, 0.25) is 0 Å². The summed E-state index contributed by atoms with van der Waals surface area (Å²) in [4.78, 5) is 28.1. The SMILES string of the molecule is CCc1nc(CC)c(C(=O)Nc2ccc([C@H]3C[C@@H]3N3CCN(c4cccc5nc(C)ccc45)CC3)cc2)s1.Cl.Cl. The van der Waals surface area contributed by atoms with E-state index in [4.69, 9.17) is 4.98 Å². The number of anilines is 2. The molecule has 2 aliphatic rings. The molecule has 1 saturated carbocycles. The second kappa shape index (κ2) is 12.9. The molecule has 6 nitrogen and oxygen atoms in total. The lowest BCUT2D eigenvalue weighted by molar-refractivity contribution is 0.102. The van der Waals surface area contributed by atoms with Crippen molar-refractivity contribution >= 4 is 64.3 Å². The Morgan fingerprint density at radius 2 is 1.70 bits per heavy atom. The van der Waals surface area contributed by atoms with Gasteiger partial charge in [0.2, 0.25) is 0 Å². The average Bonchev–Trinajstić information content (AvgIpc) is 3.63. The summed E-state index contributed by atoms with van der Waals surface area (Å²) in [5.41, 5.74) is 6.55. The highest BCUT2D eigenvalue weighted by atomic mass is 35.5. The van der Waals surface area contributed by atoms with Crippen LogP contribution in [-0.2, 0) is 12.8 Å². The molecule has 3 heterocycles. The summed E-state index contributed by atoms with van der Waals surface area (Å²) >= 11 is 1.51. The number of benzene rings is 2. The van der Waals surface area contributed by atoms with Crippen molar-refractivity contribution in [1.82, 2.24) is 14.9 Å². The Morgan fingerprint density at radius 3 is 2.40 bits per heavy atom. The second-order valence-corrected chi connectivity index (χ2v) is 11.5. The van der Waals surface area contributed by atoms with E-state index in [1.165, 1.54) is 34.4 Å². The maximum absolute atomic E-state index is 12.9. The Kier molecular flexibility index (Phi) is 9.72. The fraction of sp³-hybridized carbons (Fsp3) is 0.387. The van der Waals surface area contributed by atoms with E-state index in [1.54, 1.807) is 0 Å². The Hall–Kier alpha value is -2.71. The van der Waals surface area contributed by atoms with Crippen molar-refractivity contribution in [3.63, 3.8) is 0 Å². The lowest BCUT2D eigenvalue weighted by Gasteiger charge is -2.37. The van der Waals surface area contributed by atoms with Gasteiger partial charge in [-0.1, -0.05) is 32.0 Å². The van der Waals surface area contributed by atoms with Crippen molar-refractivity contribution in [3.05, 3.63) is 81.4 Å². The molecule has 2 fully saturated rings. The molecule has 0 bridgehead atoms. The molecule has 6 rings (SSSR count). The number of rotatable bonds is 7. The third-order valence-corrected chi connectivity index (χ3v) is 9.15. The molecule has 2 aromatic carbocycles. The number of hydrogen-bond donors (Lipinski definition) is 1. The molecular formula is C31H37Cl2N5OS. The average molecular weight is 599 g/mol. The number of nitrogens with one attached hydrogen (secondary N) is 1. The molecule has 1 amide bonds. The van der Waals surface area contributed by atoms with Gasteiger partial charge in [0.05, 0.1) is 16.2 Å². The molecule has 1 N–H and O–H groups in total. The Labute approximate surface area is 253 Å². The molecule has 2 atom stereocenters. The minimum Gasteiger partial charge on any atom is -0.368 e. The van der Waals surface area contributed by atoms with Crippen molar-refractivity contribution in [2.75, 3.05) is 36.4 Å². The van der Waals surface area contributed by atoms with Gasteiger partial charge in [0.1, 0.15) is 4.88 Å². The number of fused-ring (bicyclic) bond motifs is 1. The van der Waals surface area contributed by atoms with E-state index >= 15 is 0 Å². The number of aryl methyl sites for hydroxylation is 3. The van der Waals surface area contributed by atoms with Crippen LogP contribution < -0.4 is 10.2 Å². The number of halogens is 2. The Morgan fingerprint density at radius 1 is 0.950 bits per heavy atom. The summed E-state index contributed by atoms with van der Waals surface area (Å²) < 4.78 is 0. The molecule has 9 heteroatoms. The smallest absolute Gasteiger partial charge is 0.267 e. The quantitative estimate of drug-likeness (QED) is 0.251. The van der Waals surface area contributed by atoms with Crippen LogP contribution in [0.4, 0.5) is 11.4 Å². The van der Waals surface area contributed by atoms with Crippen LogP contribution in [0.5, 0.6) is 0 Å². The first-order valence-corrected chi connectivity index (χ1v) is 14.6. The second-order valence-electron chi connectivity index (χ2n) is 10.4. The van der Waals surface area contributed by atoms with Gasteiger partial charge in [-0.2, -0.15) is 0 Å². The Bertz CT molecular complexity index is 1470. The summed E-state index contributed by atoms with van der Waals surface area (Å²) in [7, 11) is 0. The molecule has 1 aliphatic heterocycles. The van der Waals surface area contributed by atoms with Crippen LogP contribution in [-0.4, -0.2) is 53.0 Å². The van der Waals surface area contributed by atoms with E-state index in [9.17, 15) is 4.79 Å². The van der Waals surface area contributed by atoms with Gasteiger partial charge < -0.3 is 10.2 Å². The third kappa shape index (κ3) is 6.13. The van der Waals surface area contributed by atoms with Gasteiger partial charge >= 0.3 is 0 Å². The largest absolute Gasteiger partial charge is 0.368 e. The summed E-state index contributed by atoms with van der Waals surface area (Å²) in [5, 5.41) is 5.34. The highest BCUT2D eigenvalue weighted by molar-refractivity contribution is 7.13. The molecule has 40 heavy (non-hydrogen) atoms. The van der Waals surface area contributed by atoms with Gasteiger partial charge in [0.15, 0.2) is 0 Å². The molecule has 1 saturated heterocycles. The summed E-state index contributed by atoms with van der Waals surface area (Å²) in [6.45, 7) is 10.4. The van der Waals surface area contributed by atoms with Gasteiger partial charge in [-0.05, 0) is 68.1 Å². The standard InChI is InChI=1S/C31H35N5OS.2ClH/c1-4-25-30(38-29(5-2)34-25)31(37)33-22-12-10-21(11-13-22)24-19-28(24)36-17-15-35(16-18-36)27-8-6-7-26-23(27)14-9-20(3)32-26;;/h6-14,24,28H,4-5,15-19H2,1-3H3,(H,33,37);2*1H/t24-,28+;;/m1../s1. The molecule has 0 radical (unpaired) electrons. The Balaban J connectivity index is 0.00000185. The number of carbonyl (C=O) groups excluding carboxylic acids is 1. The van der Waals surface area contributed by atoms with Crippen molar-refractivity contribution in [2.45, 2.75) is 52.0 Å². The number of nitrogens with zero attached hydrogens (tertiary/aromatic N) is 4. The molecule has 1 aliphatic carbocycles. The van der Waals surface area contributed by atoms with Crippen LogP contribution >= 0.6 is 36.2 Å². The van der Waals surface area contributed by atoms with Gasteiger partial charge in [-0.15, -0.1) is 36.2 Å². The monoisotopic (exact) mass is 597 g/mol. The van der Waals surface area contributed by atoms with E-state index in [0.717, 1.165) is 71.5 Å². The fourth-order valence-corrected chi connectivity index (χ4v) is 6.71. The summed E-state index contributed by atoms with van der Waals surface area (Å²) in [5.74, 6) is 0.530. The topological polar surface area (TPSA) is 61.4 Å². The number of pyridine rings is 1. The number of piperazine rings is 1. The number of hydrogen-bond acceptors (Lipinski definition) is 6. The normalized spacial score (nSPS) is 18.6. The van der Waals surface area contributed by atoms with Gasteiger partial charge in [-0.25, -0.2) is 4.98 Å². The summed E-state index contributed by atoms with van der Waals surface area (Å²) in [6, 6.07) is 19.9. The zero-order chi connectivity index (χ0) is 26.2. The van der Waals surface area contributed by atoms with Crippen LogP contribution in [0.25, 0.3) is 10.9 Å². The number of amides is 1. The third-order valence-electron chi connectivity index (χ3n) is 7.91. The predicted octanol–water partition coefficient (Wildman–Crippen LogP) is 6.90. The molecule has 4 aromatic rings. The number of aromatic nitrogens is 2. The molecule has 0 spiro atoms. The first-order chi connectivity index (χ1) is 18.5. The van der Waals surface area contributed by atoms with E-state index in [1.807, 2.05) is 26.0 Å². The zero-order valence-corrected chi connectivity index (χ0v) is 25.7. The molecular weight excluding hydrogens is 561 g/mol. The molecule has 0 unspecified atom stereocenters. The maximum Gasteiger partial charge on any atom is 0.267 e. The van der Waals surface area contributed by atoms with Crippen LogP contribution in [0, 0.1) is 6.92 Å². The first-order valence-electron chi connectivity index (χ1n) is 13.8. The highest BCUT2D eigenvalue weighted by Crippen LogP contribution is 2.45. The highest BCUT2D eigenvalue weighted by Gasteiger charge is 2.43. The predicted molar refractivity (Wildman–Crippen MR) is 171 cm³/mol. The van der Waals surface area contributed by atoms with Crippen molar-refractivity contribution in [1.29, 1.82) is 0 Å². The number of carbonyl (C=O) groups is 1. The van der Waals surface area contributed by atoms with Gasteiger partial charge in [-0.3, -0.25) is 14.7 Å². The minimum atomic E-state index is -0.0499. The number of thiazole rings is 1. The first kappa shape index (κ1) is 30.3. The lowest BCUT2D eigenvalue weighted by atomic mass is 10.1. The van der Waals surface area contributed by atoms with E-state index in [2.05, 4.69) is 69.5 Å². The van der Waals surface area contributed by atoms with Gasteiger partial charge in [0.25, 0.3) is 5.91 Å². The molecule has 212 valence electrons. The van der Waals surface area contributed by atoms with E-state index in [0.29, 0.717) is 12.0 Å². The zero-order valence-electron chi connectivity index (χ0n) is 23.2. The van der Waals surface area contributed by atoms with Gasteiger partial charge in [0, 0.05) is 60.6 Å². The summed E-state index contributed by atoms with van der Waals surface area (Å²) in [6.07, 6.45) is 2.84. The van der Waals surface area contributed by atoms with E-state index < -0.39 is 0 Å². The fourth-order valence-electron chi connectivity index (χ4n) is 5.72. The van der Waals surface area contributed by atoms with E-state index in [-0.39, 0.29) is 30.7 Å². The van der Waals surface area contributed by atoms with Crippen molar-refractivity contribution < 1.29 is 4.79 Å². The van der Waals surface area contributed by atoms with Crippen molar-refractivity contribution in [2.24, 2.45) is 0 Å². The van der Waals surface area contributed by atoms with Crippen LogP contribution in [0.1, 0.15) is 57.8 Å². The van der Waals surface area contributed by atoms with Crippen LogP contribution in [0.15, 0.2) is 54.6 Å².